The maximum atomic E-state index is 12.0. The topological polar surface area (TPSA) is 66.4 Å². The Morgan fingerprint density at radius 3 is 2.18 bits per heavy atom. The molecule has 0 radical (unpaired) electrons. The molecule has 1 amide bonds. The highest BCUT2D eigenvalue weighted by Crippen LogP contribution is 2.40. The second kappa shape index (κ2) is 4.93. The van der Waals surface area contributed by atoms with Crippen LogP contribution in [0.25, 0.3) is 0 Å². The number of halogens is 3. The van der Waals surface area contributed by atoms with Crippen molar-refractivity contribution in [2.75, 3.05) is 6.54 Å². The summed E-state index contributed by atoms with van der Waals surface area (Å²) in [6, 6.07) is 0. The molecule has 17 heavy (non-hydrogen) atoms. The lowest BCUT2D eigenvalue weighted by Crippen LogP contribution is -2.43. The van der Waals surface area contributed by atoms with Crippen LogP contribution in [0.3, 0.4) is 0 Å². The molecular weight excluding hydrogens is 239 g/mol. The van der Waals surface area contributed by atoms with Crippen LogP contribution in [-0.2, 0) is 9.59 Å². The summed E-state index contributed by atoms with van der Waals surface area (Å²) in [6.07, 6.45) is -2.46. The average molecular weight is 253 g/mol. The van der Waals surface area contributed by atoms with E-state index in [9.17, 15) is 22.8 Å². The second-order valence-corrected chi connectivity index (χ2v) is 4.46. The fourth-order valence-corrected chi connectivity index (χ4v) is 2.23. The van der Waals surface area contributed by atoms with Gasteiger partial charge in [0, 0.05) is 6.54 Å². The monoisotopic (exact) mass is 253 g/mol. The minimum Gasteiger partial charge on any atom is -0.481 e. The molecule has 4 nitrogen and oxygen atoms in total. The van der Waals surface area contributed by atoms with Crippen molar-refractivity contribution >= 4 is 11.9 Å². The first-order valence-electron chi connectivity index (χ1n) is 5.32. The summed E-state index contributed by atoms with van der Waals surface area (Å²) in [6.45, 7) is -0.225. The summed E-state index contributed by atoms with van der Waals surface area (Å²) in [4.78, 5) is 21.3. The van der Waals surface area contributed by atoms with E-state index in [2.05, 4.69) is 0 Å². The van der Waals surface area contributed by atoms with Gasteiger partial charge >= 0.3 is 18.1 Å². The predicted octanol–water partition coefficient (Wildman–Crippen LogP) is 1.70. The van der Waals surface area contributed by atoms with Crippen LogP contribution in [0.5, 0.6) is 0 Å². The molecule has 0 aromatic carbocycles. The van der Waals surface area contributed by atoms with Gasteiger partial charge in [0.2, 0.25) is 0 Å². The Morgan fingerprint density at radius 1 is 1.24 bits per heavy atom. The molecule has 2 N–H and O–H groups in total. The minimum atomic E-state index is -4.91. The van der Waals surface area contributed by atoms with Gasteiger partial charge in [0.25, 0.3) is 0 Å². The van der Waals surface area contributed by atoms with Crippen LogP contribution in [-0.4, -0.2) is 29.7 Å². The van der Waals surface area contributed by atoms with Gasteiger partial charge in [-0.15, -0.1) is 0 Å². The number of hydrogen-bond acceptors (Lipinski definition) is 2. The third-order valence-electron chi connectivity index (χ3n) is 3.07. The van der Waals surface area contributed by atoms with Gasteiger partial charge in [0.15, 0.2) is 0 Å². The number of hydrogen-bond donors (Lipinski definition) is 2. The molecule has 0 spiro atoms. The first-order chi connectivity index (χ1) is 7.75. The van der Waals surface area contributed by atoms with Crippen molar-refractivity contribution in [3.8, 4) is 0 Å². The van der Waals surface area contributed by atoms with Gasteiger partial charge < -0.3 is 10.4 Å². The van der Waals surface area contributed by atoms with E-state index >= 15 is 0 Å². The molecule has 0 aliphatic heterocycles. The number of nitrogens with one attached hydrogen (secondary N) is 1. The molecule has 1 aliphatic carbocycles. The molecule has 1 rings (SSSR count). The lowest BCUT2D eigenvalue weighted by molar-refractivity contribution is -0.174. The molecule has 98 valence electrons. The Kier molecular flexibility index (Phi) is 4.00. The summed E-state index contributed by atoms with van der Waals surface area (Å²) in [5.41, 5.74) is -0.716. The van der Waals surface area contributed by atoms with Crippen LogP contribution in [0, 0.1) is 5.41 Å². The van der Waals surface area contributed by atoms with E-state index < -0.39 is 23.5 Å². The number of amides is 1. The number of aliphatic carboxylic acids is 1. The van der Waals surface area contributed by atoms with Gasteiger partial charge in [-0.3, -0.25) is 9.59 Å². The van der Waals surface area contributed by atoms with Crippen molar-refractivity contribution in [1.82, 2.24) is 5.32 Å². The van der Waals surface area contributed by atoms with Crippen LogP contribution >= 0.6 is 0 Å². The first-order valence-corrected chi connectivity index (χ1v) is 5.32. The van der Waals surface area contributed by atoms with Crippen molar-refractivity contribution in [1.29, 1.82) is 0 Å². The number of alkyl halides is 3. The molecule has 0 atom stereocenters. The zero-order valence-corrected chi connectivity index (χ0v) is 9.14. The third kappa shape index (κ3) is 3.90. The van der Waals surface area contributed by atoms with Gasteiger partial charge in [0.05, 0.1) is 6.42 Å². The second-order valence-electron chi connectivity index (χ2n) is 4.46. The Morgan fingerprint density at radius 2 is 1.76 bits per heavy atom. The summed E-state index contributed by atoms with van der Waals surface area (Å²) in [5, 5.41) is 10.5. The minimum absolute atomic E-state index is 0.203. The zero-order valence-electron chi connectivity index (χ0n) is 9.14. The molecule has 0 saturated heterocycles. The van der Waals surface area contributed by atoms with Crippen molar-refractivity contribution < 1.29 is 27.9 Å². The molecular formula is C10H14F3NO3. The molecule has 0 heterocycles. The molecule has 7 heteroatoms. The summed E-state index contributed by atoms with van der Waals surface area (Å²) >= 11 is 0. The van der Waals surface area contributed by atoms with E-state index in [4.69, 9.17) is 5.11 Å². The Bertz CT molecular complexity index is 308. The third-order valence-corrected chi connectivity index (χ3v) is 3.07. The fourth-order valence-electron chi connectivity index (χ4n) is 2.23. The zero-order chi connectivity index (χ0) is 13.1. The average Bonchev–Trinajstić information content (AvgIpc) is 2.60. The van der Waals surface area contributed by atoms with E-state index in [-0.39, 0.29) is 13.0 Å². The van der Waals surface area contributed by atoms with Crippen molar-refractivity contribution in [2.24, 2.45) is 5.41 Å². The van der Waals surface area contributed by atoms with E-state index in [1.54, 1.807) is 5.32 Å². The van der Waals surface area contributed by atoms with Crippen LogP contribution < -0.4 is 5.32 Å². The smallest absolute Gasteiger partial charge is 0.471 e. The van der Waals surface area contributed by atoms with Crippen molar-refractivity contribution in [3.63, 3.8) is 0 Å². The van der Waals surface area contributed by atoms with Gasteiger partial charge in [-0.05, 0) is 18.3 Å². The molecule has 0 aromatic heterocycles. The van der Waals surface area contributed by atoms with Gasteiger partial charge in [0.1, 0.15) is 0 Å². The lowest BCUT2D eigenvalue weighted by atomic mass is 9.82. The molecule has 0 bridgehead atoms. The summed E-state index contributed by atoms with van der Waals surface area (Å²) in [7, 11) is 0. The van der Waals surface area contributed by atoms with Crippen LogP contribution in [0.4, 0.5) is 13.2 Å². The SMILES string of the molecule is O=C(O)CC1(CNC(=O)C(F)(F)F)CCCC1. The van der Waals surface area contributed by atoms with Crippen molar-refractivity contribution in [2.45, 2.75) is 38.3 Å². The molecule has 1 aliphatic rings. The van der Waals surface area contributed by atoms with Crippen LogP contribution in [0.1, 0.15) is 32.1 Å². The van der Waals surface area contributed by atoms with E-state index in [1.807, 2.05) is 0 Å². The van der Waals surface area contributed by atoms with Crippen LogP contribution in [0.2, 0.25) is 0 Å². The van der Waals surface area contributed by atoms with Crippen molar-refractivity contribution in [3.05, 3.63) is 0 Å². The summed E-state index contributed by atoms with van der Waals surface area (Å²) < 4.78 is 35.9. The van der Waals surface area contributed by atoms with Gasteiger partial charge in [-0.25, -0.2) is 0 Å². The van der Waals surface area contributed by atoms with E-state index in [1.165, 1.54) is 0 Å². The highest BCUT2D eigenvalue weighted by molar-refractivity contribution is 5.81. The summed E-state index contributed by atoms with van der Waals surface area (Å²) in [5.74, 6) is -3.05. The molecule has 1 saturated carbocycles. The predicted molar refractivity (Wildman–Crippen MR) is 52.2 cm³/mol. The largest absolute Gasteiger partial charge is 0.481 e. The maximum absolute atomic E-state index is 12.0. The Hall–Kier alpha value is -1.27. The van der Waals surface area contributed by atoms with E-state index in [0.29, 0.717) is 12.8 Å². The fraction of sp³-hybridized carbons (Fsp3) is 0.800. The molecule has 1 fully saturated rings. The standard InChI is InChI=1S/C10H14F3NO3/c11-10(12,13)8(17)14-6-9(5-7(15)16)3-1-2-4-9/h1-6H2,(H,14,17)(H,15,16). The highest BCUT2D eigenvalue weighted by Gasteiger charge is 2.42. The number of rotatable bonds is 4. The number of carboxylic acid groups (broad SMARTS) is 1. The first kappa shape index (κ1) is 13.8. The number of carbonyl (C=O) groups is 2. The molecule has 0 unspecified atom stereocenters. The molecule has 0 aromatic rings. The normalized spacial score (nSPS) is 19.0. The quantitative estimate of drug-likeness (QED) is 0.801. The lowest BCUT2D eigenvalue weighted by Gasteiger charge is -2.27. The number of carboxylic acids is 1. The van der Waals surface area contributed by atoms with Gasteiger partial charge in [-0.2, -0.15) is 13.2 Å². The number of carbonyl (C=O) groups excluding carboxylic acids is 1. The highest BCUT2D eigenvalue weighted by atomic mass is 19.4. The van der Waals surface area contributed by atoms with Crippen LogP contribution in [0.15, 0.2) is 0 Å². The van der Waals surface area contributed by atoms with Gasteiger partial charge in [-0.1, -0.05) is 12.8 Å². The Labute approximate surface area is 96.2 Å². The van der Waals surface area contributed by atoms with E-state index in [0.717, 1.165) is 12.8 Å². The maximum Gasteiger partial charge on any atom is 0.471 e. The Balaban J connectivity index is 2.57.